The van der Waals surface area contributed by atoms with Crippen LogP contribution in [0.15, 0.2) is 12.2 Å². The van der Waals surface area contributed by atoms with Gasteiger partial charge in [0.2, 0.25) is 0 Å². The Labute approximate surface area is 159 Å². The summed E-state index contributed by atoms with van der Waals surface area (Å²) in [6.07, 6.45) is 17.0. The van der Waals surface area contributed by atoms with Crippen LogP contribution in [0.4, 0.5) is 13.2 Å². The van der Waals surface area contributed by atoms with Crippen LogP contribution in [0.25, 0.3) is 0 Å². The molecule has 2 saturated carbocycles. The van der Waals surface area contributed by atoms with Crippen molar-refractivity contribution >= 4 is 0 Å². The van der Waals surface area contributed by atoms with Gasteiger partial charge in [-0.2, -0.15) is 13.2 Å². The van der Waals surface area contributed by atoms with E-state index in [9.17, 15) is 13.2 Å². The lowest BCUT2D eigenvalue weighted by Crippen LogP contribution is -2.25. The van der Waals surface area contributed by atoms with Crippen molar-refractivity contribution in [3.05, 3.63) is 12.2 Å². The molecule has 0 radical (unpaired) electrons. The van der Waals surface area contributed by atoms with Gasteiger partial charge in [0.15, 0.2) is 0 Å². The SMILES string of the molecule is CCCCCCC1CCC(C2CCC(/C=C/CCC(F)(F)F)CC2)CC1. The van der Waals surface area contributed by atoms with Gasteiger partial charge in [0.05, 0.1) is 0 Å². The van der Waals surface area contributed by atoms with Gasteiger partial charge in [-0.1, -0.05) is 64.0 Å². The highest BCUT2D eigenvalue weighted by atomic mass is 19.4. The first-order chi connectivity index (χ1) is 12.5. The Morgan fingerprint density at radius 3 is 2.00 bits per heavy atom. The van der Waals surface area contributed by atoms with Crippen LogP contribution in [0.2, 0.25) is 0 Å². The first-order valence-electron chi connectivity index (χ1n) is 11.2. The van der Waals surface area contributed by atoms with Crippen LogP contribution in [0, 0.1) is 23.7 Å². The molecule has 0 spiro atoms. The first-order valence-corrected chi connectivity index (χ1v) is 11.2. The molecule has 0 atom stereocenters. The van der Waals surface area contributed by atoms with Crippen molar-refractivity contribution in [1.29, 1.82) is 0 Å². The van der Waals surface area contributed by atoms with Gasteiger partial charge in [-0.15, -0.1) is 0 Å². The molecule has 2 fully saturated rings. The zero-order valence-corrected chi connectivity index (χ0v) is 16.7. The predicted molar refractivity (Wildman–Crippen MR) is 104 cm³/mol. The highest BCUT2D eigenvalue weighted by Gasteiger charge is 2.30. The highest BCUT2D eigenvalue weighted by Crippen LogP contribution is 2.42. The highest BCUT2D eigenvalue weighted by molar-refractivity contribution is 4.92. The van der Waals surface area contributed by atoms with Crippen LogP contribution >= 0.6 is 0 Å². The smallest absolute Gasteiger partial charge is 0.171 e. The molecule has 0 nitrogen and oxygen atoms in total. The van der Waals surface area contributed by atoms with Crippen LogP contribution in [0.3, 0.4) is 0 Å². The monoisotopic (exact) mass is 372 g/mol. The fraction of sp³-hybridized carbons (Fsp3) is 0.913. The molecule has 0 heterocycles. The summed E-state index contributed by atoms with van der Waals surface area (Å²) in [5.74, 6) is 3.32. The second kappa shape index (κ2) is 11.4. The Kier molecular flexibility index (Phi) is 9.56. The summed E-state index contributed by atoms with van der Waals surface area (Å²) >= 11 is 0. The van der Waals surface area contributed by atoms with Crippen LogP contribution in [-0.2, 0) is 0 Å². The molecule has 0 N–H and O–H groups in total. The van der Waals surface area contributed by atoms with Gasteiger partial charge in [0.25, 0.3) is 0 Å². The van der Waals surface area contributed by atoms with Crippen molar-refractivity contribution in [2.24, 2.45) is 23.7 Å². The van der Waals surface area contributed by atoms with E-state index in [1.807, 2.05) is 0 Å². The molecular weight excluding hydrogens is 333 g/mol. The number of rotatable bonds is 9. The van der Waals surface area contributed by atoms with E-state index >= 15 is 0 Å². The molecule has 0 amide bonds. The zero-order valence-electron chi connectivity index (χ0n) is 16.7. The topological polar surface area (TPSA) is 0 Å². The van der Waals surface area contributed by atoms with Crippen molar-refractivity contribution in [2.75, 3.05) is 0 Å². The molecule has 0 aliphatic heterocycles. The summed E-state index contributed by atoms with van der Waals surface area (Å²) in [6.45, 7) is 2.28. The van der Waals surface area contributed by atoms with Gasteiger partial charge in [-0.05, 0) is 68.6 Å². The quantitative estimate of drug-likeness (QED) is 0.281. The van der Waals surface area contributed by atoms with Gasteiger partial charge in [-0.25, -0.2) is 0 Å². The third-order valence-corrected chi connectivity index (χ3v) is 6.84. The molecule has 0 saturated heterocycles. The Hall–Kier alpha value is -0.470. The predicted octanol–water partition coefficient (Wildman–Crippen LogP) is 8.47. The van der Waals surface area contributed by atoms with Crippen molar-refractivity contribution in [1.82, 2.24) is 0 Å². The molecule has 0 unspecified atom stereocenters. The van der Waals surface area contributed by atoms with E-state index in [-0.39, 0.29) is 6.42 Å². The largest absolute Gasteiger partial charge is 0.389 e. The number of hydrogen-bond donors (Lipinski definition) is 0. The van der Waals surface area contributed by atoms with E-state index in [0.717, 1.165) is 17.8 Å². The van der Waals surface area contributed by atoms with E-state index < -0.39 is 12.6 Å². The minimum Gasteiger partial charge on any atom is -0.171 e. The van der Waals surface area contributed by atoms with Crippen molar-refractivity contribution in [3.8, 4) is 0 Å². The van der Waals surface area contributed by atoms with E-state index in [0.29, 0.717) is 5.92 Å². The van der Waals surface area contributed by atoms with E-state index in [1.54, 1.807) is 6.08 Å². The van der Waals surface area contributed by atoms with E-state index in [4.69, 9.17) is 0 Å². The Morgan fingerprint density at radius 2 is 1.42 bits per heavy atom. The van der Waals surface area contributed by atoms with Crippen LogP contribution in [0.5, 0.6) is 0 Å². The number of unbranched alkanes of at least 4 members (excludes halogenated alkanes) is 3. The minimum atomic E-state index is -4.02. The fourth-order valence-corrected chi connectivity index (χ4v) is 5.15. The lowest BCUT2D eigenvalue weighted by molar-refractivity contribution is -0.133. The molecule has 0 bridgehead atoms. The number of alkyl halides is 3. The van der Waals surface area contributed by atoms with Crippen LogP contribution in [0.1, 0.15) is 103 Å². The lowest BCUT2D eigenvalue weighted by atomic mass is 9.68. The summed E-state index contributed by atoms with van der Waals surface area (Å²) in [4.78, 5) is 0. The van der Waals surface area contributed by atoms with Crippen LogP contribution in [-0.4, -0.2) is 6.18 Å². The standard InChI is InChI=1S/C23H39F3/c1-2-3-4-5-8-19-10-14-21(15-11-19)22-16-12-20(13-17-22)9-6-7-18-23(24,25)26/h6,9,19-22H,2-5,7-8,10-18H2,1H3/b9-6+. The zero-order chi connectivity index (χ0) is 18.8. The molecular formula is C23H39F3. The molecule has 26 heavy (non-hydrogen) atoms. The lowest BCUT2D eigenvalue weighted by Gasteiger charge is -2.37. The molecule has 152 valence electrons. The Balaban J connectivity index is 1.58. The van der Waals surface area contributed by atoms with Gasteiger partial charge in [-0.3, -0.25) is 0 Å². The van der Waals surface area contributed by atoms with Gasteiger partial charge in [0.1, 0.15) is 0 Å². The molecule has 0 aromatic rings. The van der Waals surface area contributed by atoms with E-state index in [2.05, 4.69) is 13.0 Å². The summed E-state index contributed by atoms with van der Waals surface area (Å²) in [6, 6.07) is 0. The van der Waals surface area contributed by atoms with Gasteiger partial charge < -0.3 is 0 Å². The maximum Gasteiger partial charge on any atom is 0.389 e. The molecule has 0 aromatic carbocycles. The van der Waals surface area contributed by atoms with Crippen molar-refractivity contribution in [2.45, 2.75) is 109 Å². The Bertz CT molecular complexity index is 383. The summed E-state index contributed by atoms with van der Waals surface area (Å²) in [7, 11) is 0. The summed E-state index contributed by atoms with van der Waals surface area (Å²) in [5, 5.41) is 0. The molecule has 0 aromatic heterocycles. The van der Waals surface area contributed by atoms with Gasteiger partial charge >= 0.3 is 6.18 Å². The number of allylic oxidation sites excluding steroid dienone is 2. The second-order valence-corrected chi connectivity index (χ2v) is 8.89. The molecule has 3 heteroatoms. The maximum absolute atomic E-state index is 12.2. The third-order valence-electron chi connectivity index (χ3n) is 6.84. The summed E-state index contributed by atoms with van der Waals surface area (Å²) < 4.78 is 36.5. The van der Waals surface area contributed by atoms with E-state index in [1.165, 1.54) is 83.5 Å². The first kappa shape index (κ1) is 21.8. The third kappa shape index (κ3) is 8.48. The molecule has 2 rings (SSSR count). The molecule has 2 aliphatic carbocycles. The minimum absolute atomic E-state index is 0.145. The Morgan fingerprint density at radius 1 is 0.808 bits per heavy atom. The maximum atomic E-state index is 12.2. The second-order valence-electron chi connectivity index (χ2n) is 8.89. The molecule has 2 aliphatic rings. The van der Waals surface area contributed by atoms with Crippen LogP contribution < -0.4 is 0 Å². The normalized spacial score (nSPS) is 30.8. The number of halogens is 3. The number of hydrogen-bond acceptors (Lipinski definition) is 0. The average Bonchev–Trinajstić information content (AvgIpc) is 2.63. The van der Waals surface area contributed by atoms with Crippen molar-refractivity contribution < 1.29 is 13.2 Å². The fourth-order valence-electron chi connectivity index (χ4n) is 5.15. The van der Waals surface area contributed by atoms with Gasteiger partial charge in [0, 0.05) is 6.42 Å². The summed E-state index contributed by atoms with van der Waals surface area (Å²) in [5.41, 5.74) is 0. The average molecular weight is 373 g/mol. The van der Waals surface area contributed by atoms with Crippen molar-refractivity contribution in [3.63, 3.8) is 0 Å².